The molecule has 2 heterocycles. The lowest BCUT2D eigenvalue weighted by Gasteiger charge is -2.39. The summed E-state index contributed by atoms with van der Waals surface area (Å²) in [6.07, 6.45) is 2.03. The lowest BCUT2D eigenvalue weighted by atomic mass is 9.65. The zero-order valence-electron chi connectivity index (χ0n) is 16.0. The molecule has 138 valence electrons. The first-order valence-electron chi connectivity index (χ1n) is 9.40. The van der Waals surface area contributed by atoms with Crippen LogP contribution in [-0.2, 0) is 16.1 Å². The lowest BCUT2D eigenvalue weighted by Crippen LogP contribution is -2.43. The summed E-state index contributed by atoms with van der Waals surface area (Å²) >= 11 is 0. The third-order valence-electron chi connectivity index (χ3n) is 6.77. The van der Waals surface area contributed by atoms with Crippen molar-refractivity contribution in [3.63, 3.8) is 0 Å². The summed E-state index contributed by atoms with van der Waals surface area (Å²) in [7, 11) is 0. The maximum Gasteiger partial charge on any atom is 0.232 e. The van der Waals surface area contributed by atoms with Crippen LogP contribution in [0.15, 0.2) is 18.2 Å². The number of ether oxygens (including phenoxy) is 1. The Morgan fingerprint density at radius 1 is 1.32 bits per heavy atom. The second-order valence-corrected chi connectivity index (χ2v) is 8.35. The highest BCUT2D eigenvalue weighted by atomic mass is 16.5. The molecule has 5 heteroatoms. The van der Waals surface area contributed by atoms with E-state index in [1.165, 1.54) is 0 Å². The minimum Gasteiger partial charge on any atom is -0.379 e. The molecule has 2 fully saturated rings. The third kappa shape index (κ3) is 3.58. The van der Waals surface area contributed by atoms with Crippen LogP contribution < -0.4 is 5.32 Å². The Kier molecular flexibility index (Phi) is 5.16. The number of aromatic nitrogens is 1. The smallest absolute Gasteiger partial charge is 0.232 e. The maximum absolute atomic E-state index is 13.0. The van der Waals surface area contributed by atoms with Crippen molar-refractivity contribution in [3.05, 3.63) is 23.9 Å². The molecule has 1 aliphatic heterocycles. The number of carbonyl (C=O) groups is 1. The molecule has 2 aliphatic rings. The van der Waals surface area contributed by atoms with Gasteiger partial charge in [-0.15, -0.1) is 0 Å². The number of anilines is 1. The Hall–Kier alpha value is -1.46. The Balaban J connectivity index is 1.68. The highest BCUT2D eigenvalue weighted by molar-refractivity contribution is 5.95. The maximum atomic E-state index is 13.0. The van der Waals surface area contributed by atoms with E-state index in [-0.39, 0.29) is 16.7 Å². The van der Waals surface area contributed by atoms with Crippen molar-refractivity contribution >= 4 is 11.7 Å². The number of pyridine rings is 1. The fourth-order valence-corrected chi connectivity index (χ4v) is 4.02. The average Bonchev–Trinajstić information content (AvgIpc) is 2.80. The number of hydrogen-bond donors (Lipinski definition) is 1. The quantitative estimate of drug-likeness (QED) is 0.909. The first kappa shape index (κ1) is 18.3. The molecular formula is C20H31N3O2. The number of amides is 1. The van der Waals surface area contributed by atoms with E-state index in [0.29, 0.717) is 11.7 Å². The van der Waals surface area contributed by atoms with Crippen molar-refractivity contribution in [2.45, 2.75) is 47.1 Å². The van der Waals surface area contributed by atoms with Crippen LogP contribution >= 0.6 is 0 Å². The van der Waals surface area contributed by atoms with Crippen LogP contribution in [-0.4, -0.2) is 42.1 Å². The molecular weight excluding hydrogens is 314 g/mol. The number of nitrogens with one attached hydrogen (secondary N) is 1. The number of nitrogens with zero attached hydrogens (tertiary/aromatic N) is 2. The molecule has 1 saturated heterocycles. The van der Waals surface area contributed by atoms with Gasteiger partial charge in [0.25, 0.3) is 0 Å². The van der Waals surface area contributed by atoms with Crippen LogP contribution in [0.3, 0.4) is 0 Å². The van der Waals surface area contributed by atoms with Gasteiger partial charge in [0.2, 0.25) is 5.91 Å². The lowest BCUT2D eigenvalue weighted by molar-refractivity contribution is -0.130. The summed E-state index contributed by atoms with van der Waals surface area (Å²) in [5.41, 5.74) is 0.625. The Morgan fingerprint density at radius 2 is 2.04 bits per heavy atom. The molecule has 1 N–H and O–H groups in total. The first-order chi connectivity index (χ1) is 11.8. The predicted octanol–water partition coefficient (Wildman–Crippen LogP) is 3.31. The summed E-state index contributed by atoms with van der Waals surface area (Å²) in [5.74, 6) is 1.30. The zero-order chi connectivity index (χ0) is 18.1. The number of morpholine rings is 1. The van der Waals surface area contributed by atoms with Gasteiger partial charge in [0.15, 0.2) is 0 Å². The fraction of sp³-hybridized carbons (Fsp3) is 0.700. The van der Waals surface area contributed by atoms with E-state index in [4.69, 9.17) is 4.74 Å². The monoisotopic (exact) mass is 345 g/mol. The Morgan fingerprint density at radius 3 is 2.68 bits per heavy atom. The van der Waals surface area contributed by atoms with E-state index in [1.807, 2.05) is 18.2 Å². The fourth-order valence-electron chi connectivity index (χ4n) is 4.02. The van der Waals surface area contributed by atoms with Crippen LogP contribution in [0.1, 0.15) is 46.2 Å². The standard InChI is InChI=1S/C20H31N3O2/c1-15-8-9-20(4,19(15,2)3)18(24)22-17-7-5-6-16(21-17)14-23-10-12-25-13-11-23/h5-7,15H,8-14H2,1-4H3,(H,21,22,24)/t15-,20-/m0/s1. The molecule has 0 bridgehead atoms. The molecule has 1 aromatic rings. The van der Waals surface area contributed by atoms with Gasteiger partial charge >= 0.3 is 0 Å². The molecule has 0 spiro atoms. The summed E-state index contributed by atoms with van der Waals surface area (Å²) in [6.45, 7) is 13.0. The zero-order valence-corrected chi connectivity index (χ0v) is 16.0. The van der Waals surface area contributed by atoms with Gasteiger partial charge < -0.3 is 10.1 Å². The van der Waals surface area contributed by atoms with Crippen molar-refractivity contribution in [1.29, 1.82) is 0 Å². The van der Waals surface area contributed by atoms with Crippen LogP contribution in [0.2, 0.25) is 0 Å². The van der Waals surface area contributed by atoms with Gasteiger partial charge in [0.1, 0.15) is 5.82 Å². The Labute approximate surface area is 151 Å². The van der Waals surface area contributed by atoms with E-state index < -0.39 is 0 Å². The van der Waals surface area contributed by atoms with Crippen molar-refractivity contribution in [2.24, 2.45) is 16.7 Å². The SMILES string of the molecule is C[C@H]1CC[C@@](C)(C(=O)Nc2cccc(CN3CCOCC3)n2)C1(C)C. The summed E-state index contributed by atoms with van der Waals surface area (Å²) in [4.78, 5) is 20.0. The molecule has 5 nitrogen and oxygen atoms in total. The van der Waals surface area contributed by atoms with E-state index >= 15 is 0 Å². The molecule has 0 aromatic carbocycles. The molecule has 1 amide bonds. The van der Waals surface area contributed by atoms with E-state index in [2.05, 4.69) is 42.9 Å². The van der Waals surface area contributed by atoms with Gasteiger partial charge in [0.05, 0.1) is 24.3 Å². The topological polar surface area (TPSA) is 54.5 Å². The van der Waals surface area contributed by atoms with Gasteiger partial charge in [-0.2, -0.15) is 0 Å². The molecule has 1 aliphatic carbocycles. The van der Waals surface area contributed by atoms with Crippen molar-refractivity contribution < 1.29 is 9.53 Å². The minimum absolute atomic E-state index is 0.0114. The van der Waals surface area contributed by atoms with Crippen LogP contribution in [0.4, 0.5) is 5.82 Å². The molecule has 2 atom stereocenters. The molecule has 25 heavy (non-hydrogen) atoms. The second kappa shape index (κ2) is 7.04. The minimum atomic E-state index is -0.353. The number of carbonyl (C=O) groups excluding carboxylic acids is 1. The summed E-state index contributed by atoms with van der Waals surface area (Å²) in [5, 5.41) is 3.08. The van der Waals surface area contributed by atoms with Gasteiger partial charge in [0, 0.05) is 19.6 Å². The van der Waals surface area contributed by atoms with Crippen LogP contribution in [0.25, 0.3) is 0 Å². The largest absolute Gasteiger partial charge is 0.379 e. The normalized spacial score (nSPS) is 29.5. The number of rotatable bonds is 4. The van der Waals surface area contributed by atoms with E-state index in [1.54, 1.807) is 0 Å². The van der Waals surface area contributed by atoms with Crippen LogP contribution in [0, 0.1) is 16.7 Å². The predicted molar refractivity (Wildman–Crippen MR) is 99.2 cm³/mol. The first-order valence-corrected chi connectivity index (χ1v) is 9.40. The highest BCUT2D eigenvalue weighted by Gasteiger charge is 2.54. The highest BCUT2D eigenvalue weighted by Crippen LogP contribution is 2.56. The van der Waals surface area contributed by atoms with Gasteiger partial charge in [-0.1, -0.05) is 33.8 Å². The van der Waals surface area contributed by atoms with Gasteiger partial charge in [-0.3, -0.25) is 9.69 Å². The average molecular weight is 345 g/mol. The molecule has 1 aromatic heterocycles. The van der Waals surface area contributed by atoms with E-state index in [9.17, 15) is 4.79 Å². The van der Waals surface area contributed by atoms with Crippen LogP contribution in [0.5, 0.6) is 0 Å². The molecule has 1 saturated carbocycles. The molecule has 3 rings (SSSR count). The van der Waals surface area contributed by atoms with E-state index in [0.717, 1.165) is 51.4 Å². The molecule has 0 unspecified atom stereocenters. The van der Waals surface area contributed by atoms with Gasteiger partial charge in [-0.25, -0.2) is 4.98 Å². The van der Waals surface area contributed by atoms with Gasteiger partial charge in [-0.05, 0) is 36.3 Å². The summed E-state index contributed by atoms with van der Waals surface area (Å²) in [6, 6.07) is 5.88. The second-order valence-electron chi connectivity index (χ2n) is 8.35. The summed E-state index contributed by atoms with van der Waals surface area (Å²) < 4.78 is 5.39. The van der Waals surface area contributed by atoms with Crippen molar-refractivity contribution in [3.8, 4) is 0 Å². The Bertz CT molecular complexity index is 625. The van der Waals surface area contributed by atoms with Crippen molar-refractivity contribution in [1.82, 2.24) is 9.88 Å². The third-order valence-corrected chi connectivity index (χ3v) is 6.77. The molecule has 0 radical (unpaired) electrons. The number of hydrogen-bond acceptors (Lipinski definition) is 4. The van der Waals surface area contributed by atoms with Crippen molar-refractivity contribution in [2.75, 3.05) is 31.6 Å².